The van der Waals surface area contributed by atoms with Gasteiger partial charge in [0.1, 0.15) is 17.5 Å². The zero-order chi connectivity index (χ0) is 23.5. The van der Waals surface area contributed by atoms with E-state index in [0.717, 1.165) is 41.8 Å². The average molecular weight is 477 g/mol. The van der Waals surface area contributed by atoms with E-state index in [1.807, 2.05) is 24.3 Å². The molecule has 1 unspecified atom stereocenters. The lowest BCUT2D eigenvalue weighted by Crippen LogP contribution is -2.39. The molecule has 0 spiro atoms. The molecule has 3 aromatic rings. The number of carboxylic acid groups (broad SMARTS) is 1. The molecule has 8 heteroatoms. The third-order valence-corrected chi connectivity index (χ3v) is 7.62. The predicted molar refractivity (Wildman–Crippen MR) is 134 cm³/mol. The zero-order valence-corrected chi connectivity index (χ0v) is 19.9. The molecule has 1 saturated carbocycles. The average Bonchev–Trinajstić information content (AvgIpc) is 3.25. The number of carboxylic acids is 1. The normalized spacial score (nSPS) is 18.6. The minimum Gasteiger partial charge on any atom is -0.481 e. The number of nitrogens with zero attached hydrogens (tertiary/aromatic N) is 2. The van der Waals surface area contributed by atoms with Gasteiger partial charge in [-0.1, -0.05) is 49.2 Å². The highest BCUT2D eigenvalue weighted by Crippen LogP contribution is 2.39. The smallest absolute Gasteiger partial charge is 0.316 e. The molecular weight excluding hydrogens is 448 g/mol. The molecule has 1 fully saturated rings. The van der Waals surface area contributed by atoms with E-state index in [2.05, 4.69) is 45.7 Å². The van der Waals surface area contributed by atoms with Gasteiger partial charge < -0.3 is 20.5 Å². The molecule has 2 aromatic carbocycles. The van der Waals surface area contributed by atoms with Crippen LogP contribution in [-0.2, 0) is 4.79 Å². The van der Waals surface area contributed by atoms with E-state index in [4.69, 9.17) is 4.74 Å². The highest BCUT2D eigenvalue weighted by molar-refractivity contribution is 8.00. The first-order chi connectivity index (χ1) is 16.5. The summed E-state index contributed by atoms with van der Waals surface area (Å²) in [6.07, 6.45) is 7.63. The van der Waals surface area contributed by atoms with E-state index >= 15 is 0 Å². The Morgan fingerprint density at radius 1 is 1.12 bits per heavy atom. The Morgan fingerprint density at radius 2 is 1.85 bits per heavy atom. The van der Waals surface area contributed by atoms with Crippen molar-refractivity contribution in [2.45, 2.75) is 49.4 Å². The van der Waals surface area contributed by atoms with Crippen LogP contribution in [0.25, 0.3) is 11.1 Å². The van der Waals surface area contributed by atoms with Gasteiger partial charge in [0.2, 0.25) is 0 Å². The predicted octanol–water partition coefficient (Wildman–Crippen LogP) is 5.78. The van der Waals surface area contributed by atoms with Crippen molar-refractivity contribution in [2.24, 2.45) is 5.41 Å². The van der Waals surface area contributed by atoms with Gasteiger partial charge in [-0.25, -0.2) is 9.97 Å². The molecule has 7 nitrogen and oxygen atoms in total. The van der Waals surface area contributed by atoms with Crippen LogP contribution in [0.5, 0.6) is 6.01 Å². The van der Waals surface area contributed by atoms with Crippen molar-refractivity contribution in [1.29, 1.82) is 0 Å². The minimum absolute atomic E-state index is 0.0840. The summed E-state index contributed by atoms with van der Waals surface area (Å²) in [5.41, 5.74) is 4.56. The van der Waals surface area contributed by atoms with Crippen LogP contribution in [0.2, 0.25) is 0 Å². The third-order valence-electron chi connectivity index (χ3n) is 6.55. The number of anilines is 2. The minimum atomic E-state index is -0.824. The Labute approximate surface area is 203 Å². The quantitative estimate of drug-likeness (QED) is 0.395. The summed E-state index contributed by atoms with van der Waals surface area (Å²) in [4.78, 5) is 21.7. The Bertz CT molecular complexity index is 1160. The SMILES string of the molecule is Cc1ccc2c(c1)SC(Nc1ccc(-c3cnc(OCC4(C(=O)O)CCCCC4)nc3)cc1)N2. The molecule has 3 N–H and O–H groups in total. The Kier molecular flexibility index (Phi) is 6.32. The van der Waals surface area contributed by atoms with Gasteiger partial charge in [0.15, 0.2) is 0 Å². The Morgan fingerprint density at radius 3 is 2.56 bits per heavy atom. The second-order valence-corrected chi connectivity index (χ2v) is 10.2. The Balaban J connectivity index is 1.18. The first-order valence-electron chi connectivity index (χ1n) is 11.6. The molecule has 0 radical (unpaired) electrons. The van der Waals surface area contributed by atoms with E-state index < -0.39 is 11.4 Å². The number of fused-ring (bicyclic) bond motifs is 1. The first kappa shape index (κ1) is 22.5. The lowest BCUT2D eigenvalue weighted by atomic mass is 9.75. The maximum absolute atomic E-state index is 11.8. The van der Waals surface area contributed by atoms with Crippen molar-refractivity contribution in [3.63, 3.8) is 0 Å². The van der Waals surface area contributed by atoms with E-state index in [-0.39, 0.29) is 18.1 Å². The molecule has 2 aliphatic rings. The fourth-order valence-electron chi connectivity index (χ4n) is 4.51. The molecule has 1 aliphatic heterocycles. The lowest BCUT2D eigenvalue weighted by molar-refractivity contribution is -0.153. The number of aryl methyl sites for hydroxylation is 1. The fraction of sp³-hybridized carbons (Fsp3) is 0.346. The monoisotopic (exact) mass is 476 g/mol. The number of carbonyl (C=O) groups is 1. The maximum Gasteiger partial charge on any atom is 0.316 e. The van der Waals surface area contributed by atoms with Crippen molar-refractivity contribution in [3.8, 4) is 17.1 Å². The van der Waals surface area contributed by atoms with Crippen LogP contribution in [0, 0.1) is 12.3 Å². The first-order valence-corrected chi connectivity index (χ1v) is 12.5. The molecule has 34 heavy (non-hydrogen) atoms. The molecule has 0 bridgehead atoms. The van der Waals surface area contributed by atoms with Crippen LogP contribution in [0.3, 0.4) is 0 Å². The number of thioether (sulfide) groups is 1. The van der Waals surface area contributed by atoms with Crippen LogP contribution >= 0.6 is 11.8 Å². The van der Waals surface area contributed by atoms with Crippen molar-refractivity contribution in [3.05, 3.63) is 60.4 Å². The second kappa shape index (κ2) is 9.54. The van der Waals surface area contributed by atoms with Crippen molar-refractivity contribution >= 4 is 29.1 Å². The molecule has 1 atom stereocenters. The van der Waals surface area contributed by atoms with Gasteiger partial charge in [-0.05, 0) is 55.2 Å². The number of ether oxygens (including phenoxy) is 1. The second-order valence-electron chi connectivity index (χ2n) is 9.05. The highest BCUT2D eigenvalue weighted by Gasteiger charge is 2.40. The van der Waals surface area contributed by atoms with Gasteiger partial charge in [-0.3, -0.25) is 4.79 Å². The molecular formula is C26H28N4O3S. The highest BCUT2D eigenvalue weighted by atomic mass is 32.2. The van der Waals surface area contributed by atoms with Crippen LogP contribution in [0.4, 0.5) is 11.4 Å². The van der Waals surface area contributed by atoms with Gasteiger partial charge in [0, 0.05) is 28.5 Å². The molecule has 5 rings (SSSR count). The van der Waals surface area contributed by atoms with Crippen LogP contribution in [-0.4, -0.2) is 33.1 Å². The maximum atomic E-state index is 11.8. The topological polar surface area (TPSA) is 96.4 Å². The van der Waals surface area contributed by atoms with Crippen LogP contribution in [0.1, 0.15) is 37.7 Å². The van der Waals surface area contributed by atoms with Gasteiger partial charge in [-0.15, -0.1) is 0 Å². The summed E-state index contributed by atoms with van der Waals surface area (Å²) in [7, 11) is 0. The number of aliphatic carboxylic acids is 1. The molecule has 0 amide bonds. The largest absolute Gasteiger partial charge is 0.481 e. The molecule has 1 aromatic heterocycles. The summed E-state index contributed by atoms with van der Waals surface area (Å²) in [5.74, 6) is -0.789. The number of aromatic nitrogens is 2. The summed E-state index contributed by atoms with van der Waals surface area (Å²) in [5, 5.41) is 16.7. The van der Waals surface area contributed by atoms with Crippen molar-refractivity contribution in [2.75, 3.05) is 17.2 Å². The summed E-state index contributed by atoms with van der Waals surface area (Å²) in [6.45, 7) is 2.21. The Hall–Kier alpha value is -3.26. The van der Waals surface area contributed by atoms with Crippen molar-refractivity contribution in [1.82, 2.24) is 9.97 Å². The number of rotatable bonds is 7. The number of nitrogens with one attached hydrogen (secondary N) is 2. The van der Waals surface area contributed by atoms with Gasteiger partial charge in [0.25, 0.3) is 0 Å². The third kappa shape index (κ3) is 4.82. The van der Waals surface area contributed by atoms with Gasteiger partial charge in [-0.2, -0.15) is 0 Å². The molecule has 2 heterocycles. The molecule has 0 saturated heterocycles. The van der Waals surface area contributed by atoms with Crippen LogP contribution in [0.15, 0.2) is 59.8 Å². The number of benzene rings is 2. The summed E-state index contributed by atoms with van der Waals surface area (Å²) in [6, 6.07) is 14.8. The van der Waals surface area contributed by atoms with E-state index in [1.165, 1.54) is 10.5 Å². The van der Waals surface area contributed by atoms with Gasteiger partial charge >= 0.3 is 12.0 Å². The summed E-state index contributed by atoms with van der Waals surface area (Å²) >= 11 is 1.77. The zero-order valence-electron chi connectivity index (χ0n) is 19.1. The van der Waals surface area contributed by atoms with Gasteiger partial charge in [0.05, 0.1) is 5.69 Å². The molecule has 176 valence electrons. The lowest BCUT2D eigenvalue weighted by Gasteiger charge is -2.32. The van der Waals surface area contributed by atoms with E-state index in [1.54, 1.807) is 24.2 Å². The van der Waals surface area contributed by atoms with E-state index in [0.29, 0.717) is 12.8 Å². The van der Waals surface area contributed by atoms with Crippen molar-refractivity contribution < 1.29 is 14.6 Å². The van der Waals surface area contributed by atoms with E-state index in [9.17, 15) is 9.90 Å². The fourth-order valence-corrected chi connectivity index (χ4v) is 5.65. The summed E-state index contributed by atoms with van der Waals surface area (Å²) < 4.78 is 5.71. The number of hydrogen-bond donors (Lipinski definition) is 3. The molecule has 1 aliphatic carbocycles. The standard InChI is InChI=1S/C26H28N4O3S/c1-17-5-10-21-22(13-17)34-25(30-21)29-20-8-6-18(7-9-20)19-14-27-24(28-15-19)33-16-26(23(31)32)11-3-2-4-12-26/h5-10,13-15,25,29-30H,2-4,11-12,16H2,1H3,(H,31,32). The number of hydrogen-bond acceptors (Lipinski definition) is 7. The van der Waals surface area contributed by atoms with Crippen LogP contribution < -0.4 is 15.4 Å².